The number of hydrogen-bond acceptors (Lipinski definition) is 6. The Labute approximate surface area is 152 Å². The SMILES string of the molecule is COCOc1ccc(CCCCC(=O)N2CCSC2=S)cc1OC. The second-order valence-electron chi connectivity index (χ2n) is 5.40. The largest absolute Gasteiger partial charge is 0.493 e. The summed E-state index contributed by atoms with van der Waals surface area (Å²) in [4.78, 5) is 13.8. The Balaban J connectivity index is 1.77. The van der Waals surface area contributed by atoms with Crippen molar-refractivity contribution in [2.45, 2.75) is 25.7 Å². The number of thioether (sulfide) groups is 1. The fraction of sp³-hybridized carbons (Fsp3) is 0.529. The molecule has 5 nitrogen and oxygen atoms in total. The molecule has 132 valence electrons. The van der Waals surface area contributed by atoms with Gasteiger partial charge in [0.25, 0.3) is 0 Å². The summed E-state index contributed by atoms with van der Waals surface area (Å²) in [5.41, 5.74) is 1.16. The van der Waals surface area contributed by atoms with Crippen LogP contribution in [0.15, 0.2) is 18.2 Å². The molecule has 1 amide bonds. The third kappa shape index (κ3) is 5.36. The maximum atomic E-state index is 12.1. The summed E-state index contributed by atoms with van der Waals surface area (Å²) in [6.07, 6.45) is 3.24. The fourth-order valence-electron chi connectivity index (χ4n) is 2.47. The summed E-state index contributed by atoms with van der Waals surface area (Å²) in [7, 11) is 3.20. The predicted octanol–water partition coefficient (Wildman–Crippen LogP) is 3.25. The van der Waals surface area contributed by atoms with Crippen LogP contribution < -0.4 is 9.47 Å². The van der Waals surface area contributed by atoms with E-state index in [2.05, 4.69) is 0 Å². The monoisotopic (exact) mass is 369 g/mol. The van der Waals surface area contributed by atoms with Gasteiger partial charge in [0.2, 0.25) is 5.91 Å². The zero-order valence-corrected chi connectivity index (χ0v) is 15.7. The van der Waals surface area contributed by atoms with Gasteiger partial charge < -0.3 is 14.2 Å². The lowest BCUT2D eigenvalue weighted by molar-refractivity contribution is -0.126. The van der Waals surface area contributed by atoms with Crippen LogP contribution in [0.3, 0.4) is 0 Å². The molecule has 1 aliphatic heterocycles. The van der Waals surface area contributed by atoms with Crippen LogP contribution in [0.2, 0.25) is 0 Å². The van der Waals surface area contributed by atoms with Gasteiger partial charge in [-0.15, -0.1) is 0 Å². The number of thiocarbonyl (C=S) groups is 1. The lowest BCUT2D eigenvalue weighted by atomic mass is 10.1. The standard InChI is InChI=1S/C17H23NO4S2/c1-20-12-22-14-8-7-13(11-15(14)21-2)5-3-4-6-16(19)18-9-10-24-17(18)23/h7-8,11H,3-6,9-10,12H2,1-2H3. The van der Waals surface area contributed by atoms with Crippen molar-refractivity contribution in [2.75, 3.05) is 33.3 Å². The van der Waals surface area contributed by atoms with Gasteiger partial charge in [-0.05, 0) is 37.0 Å². The van der Waals surface area contributed by atoms with Crippen LogP contribution in [0.4, 0.5) is 0 Å². The number of methoxy groups -OCH3 is 2. The van der Waals surface area contributed by atoms with E-state index < -0.39 is 0 Å². The summed E-state index contributed by atoms with van der Waals surface area (Å²) in [6, 6.07) is 5.87. The van der Waals surface area contributed by atoms with E-state index in [-0.39, 0.29) is 12.7 Å². The number of unbranched alkanes of at least 4 members (excludes halogenated alkanes) is 1. The minimum Gasteiger partial charge on any atom is -0.493 e. The van der Waals surface area contributed by atoms with E-state index in [9.17, 15) is 4.79 Å². The highest BCUT2D eigenvalue weighted by atomic mass is 32.2. The van der Waals surface area contributed by atoms with Crippen molar-refractivity contribution in [3.05, 3.63) is 23.8 Å². The summed E-state index contributed by atoms with van der Waals surface area (Å²) < 4.78 is 16.4. The number of amides is 1. The van der Waals surface area contributed by atoms with Gasteiger partial charge >= 0.3 is 0 Å². The normalized spacial score (nSPS) is 14.1. The molecule has 0 spiro atoms. The molecule has 1 fully saturated rings. The second kappa shape index (κ2) is 9.86. The molecular formula is C17H23NO4S2. The van der Waals surface area contributed by atoms with E-state index in [4.69, 9.17) is 26.4 Å². The molecule has 1 aromatic carbocycles. The number of benzene rings is 1. The number of ether oxygens (including phenoxy) is 3. The maximum absolute atomic E-state index is 12.1. The Hall–Kier alpha value is -1.31. The van der Waals surface area contributed by atoms with E-state index in [1.54, 1.807) is 30.9 Å². The summed E-state index contributed by atoms with van der Waals surface area (Å²) in [5, 5.41) is 0. The molecular weight excluding hydrogens is 346 g/mol. The molecule has 0 bridgehead atoms. The molecule has 0 radical (unpaired) electrons. The van der Waals surface area contributed by atoms with Gasteiger partial charge in [0.15, 0.2) is 18.3 Å². The predicted molar refractivity (Wildman–Crippen MR) is 99.8 cm³/mol. The first-order chi connectivity index (χ1) is 11.7. The average molecular weight is 370 g/mol. The van der Waals surface area contributed by atoms with Crippen molar-refractivity contribution in [2.24, 2.45) is 0 Å². The molecule has 2 rings (SSSR count). The minimum atomic E-state index is 0.144. The quantitative estimate of drug-likeness (QED) is 0.378. The molecule has 24 heavy (non-hydrogen) atoms. The van der Waals surface area contributed by atoms with Gasteiger partial charge in [0.1, 0.15) is 4.32 Å². The Morgan fingerprint density at radius 2 is 2.12 bits per heavy atom. The van der Waals surface area contributed by atoms with Gasteiger partial charge in [-0.25, -0.2) is 0 Å². The number of aryl methyl sites for hydroxylation is 1. The van der Waals surface area contributed by atoms with Crippen LogP contribution >= 0.6 is 24.0 Å². The third-order valence-corrected chi connectivity index (χ3v) is 5.16. The molecule has 0 aliphatic carbocycles. The molecule has 1 aliphatic rings. The molecule has 0 saturated carbocycles. The van der Waals surface area contributed by atoms with Crippen molar-refractivity contribution < 1.29 is 19.0 Å². The molecule has 0 aromatic heterocycles. The lowest BCUT2D eigenvalue weighted by Gasteiger charge is -2.14. The molecule has 1 heterocycles. The van der Waals surface area contributed by atoms with Crippen molar-refractivity contribution in [1.82, 2.24) is 4.90 Å². The molecule has 0 N–H and O–H groups in total. The molecule has 1 saturated heterocycles. The average Bonchev–Trinajstić information content (AvgIpc) is 3.03. The number of carbonyl (C=O) groups is 1. The summed E-state index contributed by atoms with van der Waals surface area (Å²) >= 11 is 6.76. The first-order valence-corrected chi connectivity index (χ1v) is 9.31. The number of hydrogen-bond donors (Lipinski definition) is 0. The van der Waals surface area contributed by atoms with Crippen LogP contribution in [0, 0.1) is 0 Å². The first kappa shape index (κ1) is 19.0. The van der Waals surface area contributed by atoms with Crippen molar-refractivity contribution in [1.29, 1.82) is 0 Å². The number of rotatable bonds is 9. The highest BCUT2D eigenvalue weighted by molar-refractivity contribution is 8.23. The molecule has 0 unspecified atom stereocenters. The van der Waals surface area contributed by atoms with Crippen LogP contribution in [-0.4, -0.2) is 48.4 Å². The number of carbonyl (C=O) groups excluding carboxylic acids is 1. The lowest BCUT2D eigenvalue weighted by Crippen LogP contribution is -2.30. The smallest absolute Gasteiger partial charge is 0.228 e. The minimum absolute atomic E-state index is 0.144. The Morgan fingerprint density at radius 1 is 1.29 bits per heavy atom. The highest BCUT2D eigenvalue weighted by Crippen LogP contribution is 2.28. The van der Waals surface area contributed by atoms with Crippen LogP contribution in [0.25, 0.3) is 0 Å². The van der Waals surface area contributed by atoms with E-state index in [0.717, 1.165) is 41.4 Å². The van der Waals surface area contributed by atoms with Gasteiger partial charge in [0, 0.05) is 25.8 Å². The first-order valence-electron chi connectivity index (χ1n) is 7.91. The molecule has 1 aromatic rings. The van der Waals surface area contributed by atoms with Gasteiger partial charge in [-0.3, -0.25) is 9.69 Å². The van der Waals surface area contributed by atoms with Crippen molar-refractivity contribution in [3.63, 3.8) is 0 Å². The Bertz CT molecular complexity index is 580. The van der Waals surface area contributed by atoms with E-state index in [1.807, 2.05) is 18.2 Å². The van der Waals surface area contributed by atoms with E-state index >= 15 is 0 Å². The summed E-state index contributed by atoms with van der Waals surface area (Å²) in [6.45, 7) is 0.941. The Kier molecular flexibility index (Phi) is 7.81. The van der Waals surface area contributed by atoms with Gasteiger partial charge in [-0.1, -0.05) is 30.0 Å². The highest BCUT2D eigenvalue weighted by Gasteiger charge is 2.23. The molecule has 0 atom stereocenters. The van der Waals surface area contributed by atoms with Crippen LogP contribution in [-0.2, 0) is 16.0 Å². The van der Waals surface area contributed by atoms with Crippen molar-refractivity contribution >= 4 is 34.2 Å². The fourth-order valence-corrected chi connectivity index (χ4v) is 3.71. The second-order valence-corrected chi connectivity index (χ2v) is 7.13. The molecule has 7 heteroatoms. The zero-order chi connectivity index (χ0) is 17.4. The topological polar surface area (TPSA) is 48.0 Å². The zero-order valence-electron chi connectivity index (χ0n) is 14.1. The number of nitrogens with zero attached hydrogens (tertiary/aromatic N) is 1. The van der Waals surface area contributed by atoms with Gasteiger partial charge in [-0.2, -0.15) is 0 Å². The maximum Gasteiger partial charge on any atom is 0.228 e. The third-order valence-electron chi connectivity index (χ3n) is 3.73. The van der Waals surface area contributed by atoms with E-state index in [0.29, 0.717) is 17.9 Å². The van der Waals surface area contributed by atoms with Crippen LogP contribution in [0.5, 0.6) is 11.5 Å². The Morgan fingerprint density at radius 3 is 2.79 bits per heavy atom. The van der Waals surface area contributed by atoms with E-state index in [1.165, 1.54) is 0 Å². The van der Waals surface area contributed by atoms with Crippen molar-refractivity contribution in [3.8, 4) is 11.5 Å². The van der Waals surface area contributed by atoms with Gasteiger partial charge in [0.05, 0.1) is 7.11 Å². The summed E-state index contributed by atoms with van der Waals surface area (Å²) in [5.74, 6) is 2.42. The van der Waals surface area contributed by atoms with Crippen LogP contribution in [0.1, 0.15) is 24.8 Å².